The molecule has 0 spiro atoms. The summed E-state index contributed by atoms with van der Waals surface area (Å²) in [4.78, 5) is 19.7. The Bertz CT molecular complexity index is 830. The summed E-state index contributed by atoms with van der Waals surface area (Å²) in [7, 11) is 3.44. The Morgan fingerprint density at radius 3 is 2.56 bits per heavy atom. The van der Waals surface area contributed by atoms with Gasteiger partial charge < -0.3 is 9.80 Å². The SMILES string of the molecule is CN(C(=O)c1ccn(C)n1)C1CCN(c2ncc(Br)cc2C(F)(F)F)CC1. The molecule has 6 nitrogen and oxygen atoms in total. The first-order valence-corrected chi connectivity index (χ1v) is 9.20. The average molecular weight is 446 g/mol. The van der Waals surface area contributed by atoms with Crippen LogP contribution in [0.1, 0.15) is 28.9 Å². The van der Waals surface area contributed by atoms with E-state index in [9.17, 15) is 18.0 Å². The molecule has 27 heavy (non-hydrogen) atoms. The van der Waals surface area contributed by atoms with Crippen LogP contribution in [-0.2, 0) is 13.2 Å². The lowest BCUT2D eigenvalue weighted by molar-refractivity contribution is -0.137. The molecule has 146 valence electrons. The Morgan fingerprint density at radius 2 is 2.00 bits per heavy atom. The number of halogens is 4. The van der Waals surface area contributed by atoms with Crippen LogP contribution in [0.25, 0.3) is 0 Å². The number of piperidine rings is 1. The van der Waals surface area contributed by atoms with E-state index in [2.05, 4.69) is 26.0 Å². The zero-order chi connectivity index (χ0) is 19.8. The lowest BCUT2D eigenvalue weighted by atomic mass is 10.0. The normalized spacial score (nSPS) is 15.9. The number of pyridine rings is 1. The molecule has 0 bridgehead atoms. The van der Waals surface area contributed by atoms with E-state index in [1.54, 1.807) is 40.8 Å². The van der Waals surface area contributed by atoms with E-state index in [0.717, 1.165) is 6.07 Å². The number of aromatic nitrogens is 3. The summed E-state index contributed by atoms with van der Waals surface area (Å²) in [6.07, 6.45) is -0.294. The fraction of sp³-hybridized carbons (Fsp3) is 0.471. The van der Waals surface area contributed by atoms with Gasteiger partial charge in [-0.25, -0.2) is 4.98 Å². The number of nitrogens with zero attached hydrogens (tertiary/aromatic N) is 5. The zero-order valence-electron chi connectivity index (χ0n) is 14.9. The van der Waals surface area contributed by atoms with Crippen LogP contribution in [0.4, 0.5) is 19.0 Å². The Labute approximate surface area is 163 Å². The molecule has 3 heterocycles. The van der Waals surface area contributed by atoms with Crippen molar-refractivity contribution in [3.63, 3.8) is 0 Å². The van der Waals surface area contributed by atoms with Gasteiger partial charge in [0.2, 0.25) is 0 Å². The number of hydrogen-bond donors (Lipinski definition) is 0. The van der Waals surface area contributed by atoms with Crippen molar-refractivity contribution in [3.8, 4) is 0 Å². The number of alkyl halides is 3. The van der Waals surface area contributed by atoms with Gasteiger partial charge in [0, 0.05) is 50.1 Å². The molecule has 1 fully saturated rings. The number of hydrogen-bond acceptors (Lipinski definition) is 4. The Kier molecular flexibility index (Phi) is 5.45. The molecule has 0 radical (unpaired) electrons. The van der Waals surface area contributed by atoms with Crippen molar-refractivity contribution in [2.45, 2.75) is 25.1 Å². The standard InChI is InChI=1S/C17H19BrF3N5O/c1-24-6-5-14(23-24)16(27)25(2)12-3-7-26(8-4-12)15-13(17(19,20)21)9-11(18)10-22-15/h5-6,9-10,12H,3-4,7-8H2,1-2H3. The van der Waals surface area contributed by atoms with E-state index >= 15 is 0 Å². The van der Waals surface area contributed by atoms with Crippen LogP contribution < -0.4 is 4.90 Å². The third kappa shape index (κ3) is 4.26. The minimum atomic E-state index is -4.48. The molecule has 3 rings (SSSR count). The Balaban J connectivity index is 1.70. The molecule has 1 aliphatic heterocycles. The van der Waals surface area contributed by atoms with Gasteiger partial charge in [0.05, 0.1) is 5.56 Å². The second-order valence-corrected chi connectivity index (χ2v) is 7.45. The van der Waals surface area contributed by atoms with E-state index < -0.39 is 11.7 Å². The molecule has 1 aliphatic rings. The molecular formula is C17H19BrF3N5O. The number of carbonyl (C=O) groups is 1. The van der Waals surface area contributed by atoms with Crippen LogP contribution in [-0.4, -0.2) is 51.8 Å². The average Bonchev–Trinajstić information content (AvgIpc) is 3.06. The summed E-state index contributed by atoms with van der Waals surface area (Å²) in [5.74, 6) is -0.255. The van der Waals surface area contributed by atoms with Crippen LogP contribution in [0.15, 0.2) is 29.0 Å². The van der Waals surface area contributed by atoms with E-state index in [-0.39, 0.29) is 22.2 Å². The van der Waals surface area contributed by atoms with Gasteiger partial charge in [-0.1, -0.05) is 0 Å². The fourth-order valence-electron chi connectivity index (χ4n) is 3.23. The highest BCUT2D eigenvalue weighted by atomic mass is 79.9. The van der Waals surface area contributed by atoms with Crippen molar-refractivity contribution in [1.29, 1.82) is 0 Å². The van der Waals surface area contributed by atoms with E-state index in [1.807, 2.05) is 0 Å². The third-order valence-corrected chi connectivity index (χ3v) is 5.14. The maximum atomic E-state index is 13.3. The summed E-state index contributed by atoms with van der Waals surface area (Å²) in [5, 5.41) is 4.11. The second kappa shape index (κ2) is 7.49. The number of rotatable bonds is 3. The lowest BCUT2D eigenvalue weighted by Gasteiger charge is -2.37. The van der Waals surface area contributed by atoms with E-state index in [0.29, 0.717) is 31.6 Å². The maximum absolute atomic E-state index is 13.3. The summed E-state index contributed by atoms with van der Waals surface area (Å²) >= 11 is 3.05. The largest absolute Gasteiger partial charge is 0.419 e. The Morgan fingerprint density at radius 1 is 1.33 bits per heavy atom. The second-order valence-electron chi connectivity index (χ2n) is 6.53. The van der Waals surface area contributed by atoms with Crippen LogP contribution in [0.5, 0.6) is 0 Å². The fourth-order valence-corrected chi connectivity index (χ4v) is 3.56. The summed E-state index contributed by atoms with van der Waals surface area (Å²) < 4.78 is 41.8. The minimum Gasteiger partial charge on any atom is -0.356 e. The molecule has 0 aliphatic carbocycles. The monoisotopic (exact) mass is 445 g/mol. The van der Waals surface area contributed by atoms with E-state index in [1.165, 1.54) is 6.20 Å². The van der Waals surface area contributed by atoms with Crippen LogP contribution in [0, 0.1) is 0 Å². The zero-order valence-corrected chi connectivity index (χ0v) is 16.5. The van der Waals surface area contributed by atoms with Crippen molar-refractivity contribution in [3.05, 3.63) is 40.3 Å². The number of anilines is 1. The Hall–Kier alpha value is -2.10. The number of carbonyl (C=O) groups excluding carboxylic acids is 1. The molecule has 2 aromatic heterocycles. The lowest BCUT2D eigenvalue weighted by Crippen LogP contribution is -2.46. The van der Waals surface area contributed by atoms with Gasteiger partial charge >= 0.3 is 6.18 Å². The van der Waals surface area contributed by atoms with E-state index in [4.69, 9.17) is 0 Å². The van der Waals surface area contributed by atoms with Gasteiger partial charge in [-0.2, -0.15) is 18.3 Å². The summed E-state index contributed by atoms with van der Waals surface area (Å²) in [6, 6.07) is 2.64. The summed E-state index contributed by atoms with van der Waals surface area (Å²) in [5.41, 5.74) is -0.399. The first kappa shape index (κ1) is 19.7. The van der Waals surface area contributed by atoms with Crippen molar-refractivity contribution < 1.29 is 18.0 Å². The van der Waals surface area contributed by atoms with Crippen molar-refractivity contribution in [2.24, 2.45) is 7.05 Å². The molecule has 1 saturated heterocycles. The van der Waals surface area contributed by atoms with Gasteiger partial charge in [-0.05, 0) is 40.9 Å². The van der Waals surface area contributed by atoms with Crippen LogP contribution >= 0.6 is 15.9 Å². The van der Waals surface area contributed by atoms with Gasteiger partial charge in [-0.3, -0.25) is 9.48 Å². The first-order valence-electron chi connectivity index (χ1n) is 8.41. The first-order chi connectivity index (χ1) is 12.7. The molecular weight excluding hydrogens is 427 g/mol. The minimum absolute atomic E-state index is 0.0551. The van der Waals surface area contributed by atoms with Gasteiger partial charge in [-0.15, -0.1) is 0 Å². The molecule has 0 N–H and O–H groups in total. The third-order valence-electron chi connectivity index (χ3n) is 4.70. The molecule has 0 saturated carbocycles. The number of amides is 1. The summed E-state index contributed by atoms with van der Waals surface area (Å²) in [6.45, 7) is 0.782. The van der Waals surface area contributed by atoms with Gasteiger partial charge in [0.1, 0.15) is 11.5 Å². The quantitative estimate of drug-likeness (QED) is 0.726. The molecule has 0 atom stereocenters. The predicted octanol–water partition coefficient (Wildman–Crippen LogP) is 3.34. The molecule has 10 heteroatoms. The smallest absolute Gasteiger partial charge is 0.356 e. The maximum Gasteiger partial charge on any atom is 0.419 e. The molecule has 2 aromatic rings. The van der Waals surface area contributed by atoms with Crippen molar-refractivity contribution in [1.82, 2.24) is 19.7 Å². The van der Waals surface area contributed by atoms with Crippen LogP contribution in [0.2, 0.25) is 0 Å². The van der Waals surface area contributed by atoms with Crippen molar-refractivity contribution >= 4 is 27.7 Å². The topological polar surface area (TPSA) is 54.3 Å². The molecule has 1 amide bonds. The van der Waals surface area contributed by atoms with Gasteiger partial charge in [0.15, 0.2) is 0 Å². The highest BCUT2D eigenvalue weighted by molar-refractivity contribution is 9.10. The van der Waals surface area contributed by atoms with Crippen LogP contribution in [0.3, 0.4) is 0 Å². The van der Waals surface area contributed by atoms with Crippen molar-refractivity contribution in [2.75, 3.05) is 25.0 Å². The molecule has 0 aromatic carbocycles. The molecule has 0 unspecified atom stereocenters. The predicted molar refractivity (Wildman–Crippen MR) is 97.5 cm³/mol. The highest BCUT2D eigenvalue weighted by Gasteiger charge is 2.37. The van der Waals surface area contributed by atoms with Gasteiger partial charge in [0.25, 0.3) is 5.91 Å². The number of aryl methyl sites for hydroxylation is 1. The highest BCUT2D eigenvalue weighted by Crippen LogP contribution is 2.37.